The van der Waals surface area contributed by atoms with Crippen LogP contribution >= 0.6 is 27.5 Å². The summed E-state index contributed by atoms with van der Waals surface area (Å²) in [6.45, 7) is 1.67. The van der Waals surface area contributed by atoms with E-state index in [9.17, 15) is 5.11 Å². The Morgan fingerprint density at radius 3 is 2.45 bits per heavy atom. The number of aliphatic hydroxyl groups is 1. The molecule has 0 saturated heterocycles. The van der Waals surface area contributed by atoms with Crippen molar-refractivity contribution < 1.29 is 14.6 Å². The molecule has 20 heavy (non-hydrogen) atoms. The standard InChI is InChI=1S/C15H14BrClO3/c1-9(18)15-13(19-2)4-3-5-14(15)20-12-7-6-10(17)8-11(12)16/h3-9,18H,1-2H3/t9-/m0/s1. The predicted octanol–water partition coefficient (Wildman–Crippen LogP) is 4.96. The first kappa shape index (κ1) is 15.2. The zero-order valence-corrected chi connectivity index (χ0v) is 13.4. The molecule has 1 atom stereocenters. The molecule has 0 bridgehead atoms. The van der Waals surface area contributed by atoms with E-state index in [2.05, 4.69) is 15.9 Å². The van der Waals surface area contributed by atoms with Gasteiger partial charge in [-0.1, -0.05) is 17.7 Å². The summed E-state index contributed by atoms with van der Waals surface area (Å²) >= 11 is 9.30. The third-order valence-corrected chi connectivity index (χ3v) is 3.63. The van der Waals surface area contributed by atoms with Crippen molar-refractivity contribution in [1.29, 1.82) is 0 Å². The molecule has 0 aliphatic carbocycles. The van der Waals surface area contributed by atoms with Crippen molar-refractivity contribution in [3.8, 4) is 17.2 Å². The molecule has 2 aromatic carbocycles. The first-order valence-corrected chi connectivity index (χ1v) is 7.18. The molecule has 0 aliphatic heterocycles. The van der Waals surface area contributed by atoms with E-state index in [4.69, 9.17) is 21.1 Å². The van der Waals surface area contributed by atoms with Gasteiger partial charge in [0.15, 0.2) is 0 Å². The van der Waals surface area contributed by atoms with Crippen molar-refractivity contribution in [3.05, 3.63) is 51.5 Å². The topological polar surface area (TPSA) is 38.7 Å². The third kappa shape index (κ3) is 3.26. The molecule has 0 amide bonds. The van der Waals surface area contributed by atoms with Gasteiger partial charge >= 0.3 is 0 Å². The van der Waals surface area contributed by atoms with Crippen LogP contribution in [0.5, 0.6) is 17.2 Å². The van der Waals surface area contributed by atoms with Crippen LogP contribution in [0.3, 0.4) is 0 Å². The fourth-order valence-corrected chi connectivity index (χ4v) is 2.64. The quantitative estimate of drug-likeness (QED) is 0.841. The Kier molecular flexibility index (Phi) is 4.91. The molecule has 5 heteroatoms. The van der Waals surface area contributed by atoms with E-state index < -0.39 is 6.10 Å². The molecule has 0 heterocycles. The molecule has 106 valence electrons. The van der Waals surface area contributed by atoms with Gasteiger partial charge in [0.2, 0.25) is 0 Å². The molecule has 0 fully saturated rings. The summed E-state index contributed by atoms with van der Waals surface area (Å²) in [7, 11) is 1.56. The Labute approximate surface area is 131 Å². The lowest BCUT2D eigenvalue weighted by Gasteiger charge is -2.17. The van der Waals surface area contributed by atoms with Crippen molar-refractivity contribution >= 4 is 27.5 Å². The molecule has 2 aromatic rings. The predicted molar refractivity (Wildman–Crippen MR) is 82.9 cm³/mol. The van der Waals surface area contributed by atoms with E-state index in [-0.39, 0.29) is 0 Å². The number of benzene rings is 2. The van der Waals surface area contributed by atoms with Gasteiger partial charge in [-0.2, -0.15) is 0 Å². The lowest BCUT2D eigenvalue weighted by Crippen LogP contribution is -2.00. The number of halogens is 2. The molecule has 0 aliphatic rings. The second kappa shape index (κ2) is 6.48. The third-order valence-electron chi connectivity index (χ3n) is 2.78. The van der Waals surface area contributed by atoms with Crippen LogP contribution in [0.4, 0.5) is 0 Å². The van der Waals surface area contributed by atoms with Gasteiger partial charge < -0.3 is 14.6 Å². The van der Waals surface area contributed by atoms with Gasteiger partial charge in [-0.05, 0) is 53.2 Å². The van der Waals surface area contributed by atoms with E-state index in [1.165, 1.54) is 0 Å². The Bertz CT molecular complexity index is 614. The minimum Gasteiger partial charge on any atom is -0.496 e. The number of aliphatic hydroxyl groups excluding tert-OH is 1. The van der Waals surface area contributed by atoms with E-state index >= 15 is 0 Å². The average molecular weight is 358 g/mol. The lowest BCUT2D eigenvalue weighted by molar-refractivity contribution is 0.190. The van der Waals surface area contributed by atoms with Crippen molar-refractivity contribution in [2.24, 2.45) is 0 Å². The second-order valence-corrected chi connectivity index (χ2v) is 5.52. The van der Waals surface area contributed by atoms with Crippen molar-refractivity contribution in [2.45, 2.75) is 13.0 Å². The summed E-state index contributed by atoms with van der Waals surface area (Å²) in [4.78, 5) is 0. The van der Waals surface area contributed by atoms with E-state index in [0.717, 1.165) is 4.47 Å². The average Bonchev–Trinajstić information content (AvgIpc) is 2.41. The number of ether oxygens (including phenoxy) is 2. The molecule has 0 spiro atoms. The second-order valence-electron chi connectivity index (χ2n) is 4.22. The number of hydrogen-bond acceptors (Lipinski definition) is 3. The molecule has 0 radical (unpaired) electrons. The molecule has 2 rings (SSSR count). The first-order chi connectivity index (χ1) is 9.52. The monoisotopic (exact) mass is 356 g/mol. The van der Waals surface area contributed by atoms with Gasteiger partial charge in [0.25, 0.3) is 0 Å². The van der Waals surface area contributed by atoms with Gasteiger partial charge in [0.05, 0.1) is 23.2 Å². The van der Waals surface area contributed by atoms with Crippen molar-refractivity contribution in [2.75, 3.05) is 7.11 Å². The van der Waals surface area contributed by atoms with E-state index in [1.807, 2.05) is 6.07 Å². The Morgan fingerprint density at radius 1 is 1.15 bits per heavy atom. The maximum atomic E-state index is 9.92. The van der Waals surface area contributed by atoms with Gasteiger partial charge in [-0.15, -0.1) is 0 Å². The summed E-state index contributed by atoms with van der Waals surface area (Å²) < 4.78 is 11.9. The highest BCUT2D eigenvalue weighted by Gasteiger charge is 2.16. The summed E-state index contributed by atoms with van der Waals surface area (Å²) in [5, 5.41) is 10.5. The van der Waals surface area contributed by atoms with Gasteiger partial charge in [-0.25, -0.2) is 0 Å². The Hall–Kier alpha value is -1.23. The highest BCUT2D eigenvalue weighted by atomic mass is 79.9. The van der Waals surface area contributed by atoms with Gasteiger partial charge in [0.1, 0.15) is 17.2 Å². The van der Waals surface area contributed by atoms with Crippen LogP contribution in [-0.4, -0.2) is 12.2 Å². The number of rotatable bonds is 4. The van der Waals surface area contributed by atoms with Gasteiger partial charge in [-0.3, -0.25) is 0 Å². The van der Waals surface area contributed by atoms with E-state index in [1.54, 1.807) is 44.4 Å². The van der Waals surface area contributed by atoms with Crippen LogP contribution in [0, 0.1) is 0 Å². The van der Waals surface area contributed by atoms with E-state index in [0.29, 0.717) is 27.8 Å². The molecular weight excluding hydrogens is 344 g/mol. The molecule has 0 aromatic heterocycles. The molecular formula is C15H14BrClO3. The van der Waals surface area contributed by atoms with Crippen LogP contribution in [0.15, 0.2) is 40.9 Å². The number of hydrogen-bond donors (Lipinski definition) is 1. The maximum absolute atomic E-state index is 9.92. The lowest BCUT2D eigenvalue weighted by atomic mass is 10.1. The minimum absolute atomic E-state index is 0.544. The molecule has 1 N–H and O–H groups in total. The van der Waals surface area contributed by atoms with Crippen molar-refractivity contribution in [3.63, 3.8) is 0 Å². The van der Waals surface area contributed by atoms with Crippen LogP contribution in [0.2, 0.25) is 5.02 Å². The Balaban J connectivity index is 2.43. The summed E-state index contributed by atoms with van der Waals surface area (Å²) in [5.41, 5.74) is 0.608. The Morgan fingerprint density at radius 2 is 1.85 bits per heavy atom. The normalized spacial score (nSPS) is 12.1. The largest absolute Gasteiger partial charge is 0.496 e. The zero-order valence-electron chi connectivity index (χ0n) is 11.1. The molecule has 0 unspecified atom stereocenters. The summed E-state index contributed by atoms with van der Waals surface area (Å²) in [5.74, 6) is 1.74. The van der Waals surface area contributed by atoms with Gasteiger partial charge in [0, 0.05) is 5.02 Å². The van der Waals surface area contributed by atoms with Crippen molar-refractivity contribution in [1.82, 2.24) is 0 Å². The molecule has 0 saturated carbocycles. The van der Waals surface area contributed by atoms with Crippen LogP contribution < -0.4 is 9.47 Å². The summed E-state index contributed by atoms with van der Waals surface area (Å²) in [6.07, 6.45) is -0.702. The molecule has 3 nitrogen and oxygen atoms in total. The smallest absolute Gasteiger partial charge is 0.141 e. The number of methoxy groups -OCH3 is 1. The maximum Gasteiger partial charge on any atom is 0.141 e. The van der Waals surface area contributed by atoms with Crippen LogP contribution in [0.1, 0.15) is 18.6 Å². The van der Waals surface area contributed by atoms with Crippen LogP contribution in [0.25, 0.3) is 0 Å². The SMILES string of the molecule is COc1cccc(Oc2ccc(Cl)cc2Br)c1[C@H](C)O. The fraction of sp³-hybridized carbons (Fsp3) is 0.200. The fourth-order valence-electron chi connectivity index (χ4n) is 1.88. The highest BCUT2D eigenvalue weighted by Crippen LogP contribution is 2.38. The zero-order chi connectivity index (χ0) is 14.7. The van der Waals surface area contributed by atoms with Crippen LogP contribution in [-0.2, 0) is 0 Å². The first-order valence-electron chi connectivity index (χ1n) is 6.00. The minimum atomic E-state index is -0.702. The summed E-state index contributed by atoms with van der Waals surface area (Å²) in [6, 6.07) is 10.6. The highest BCUT2D eigenvalue weighted by molar-refractivity contribution is 9.10.